The first-order valence-corrected chi connectivity index (χ1v) is 10.4. The molecule has 1 N–H and O–H groups in total. The Morgan fingerprint density at radius 2 is 1.47 bits per heavy atom. The van der Waals surface area contributed by atoms with E-state index in [0.717, 1.165) is 22.2 Å². The molecule has 3 aromatic carbocycles. The van der Waals surface area contributed by atoms with Crippen LogP contribution in [0, 0.1) is 6.92 Å². The predicted octanol–water partition coefficient (Wildman–Crippen LogP) is 5.03. The van der Waals surface area contributed by atoms with Gasteiger partial charge >= 0.3 is 5.97 Å². The first-order valence-electron chi connectivity index (χ1n) is 10.4. The summed E-state index contributed by atoms with van der Waals surface area (Å²) < 4.78 is 5.05. The van der Waals surface area contributed by atoms with E-state index < -0.39 is 11.5 Å². The Bertz CT molecular complexity index is 1290. The number of rotatable bonds is 5. The number of benzene rings is 3. The van der Waals surface area contributed by atoms with E-state index in [2.05, 4.69) is 5.32 Å². The molecule has 1 heterocycles. The number of carbonyl (C=O) groups excluding carboxylic acids is 2. The van der Waals surface area contributed by atoms with Crippen molar-refractivity contribution >= 4 is 22.8 Å². The minimum atomic E-state index is -1.35. The summed E-state index contributed by atoms with van der Waals surface area (Å²) in [6.07, 6.45) is 0. The quantitative estimate of drug-likeness (QED) is 0.456. The second-order valence-electron chi connectivity index (χ2n) is 7.78. The summed E-state index contributed by atoms with van der Waals surface area (Å²) in [6.45, 7) is 3.54. The third-order valence-electron chi connectivity index (χ3n) is 5.72. The van der Waals surface area contributed by atoms with Crippen molar-refractivity contribution in [3.8, 4) is 11.3 Å². The first kappa shape index (κ1) is 21.2. The van der Waals surface area contributed by atoms with Gasteiger partial charge in [-0.3, -0.25) is 4.79 Å². The van der Waals surface area contributed by atoms with Crippen molar-refractivity contribution in [2.45, 2.75) is 19.4 Å². The molecule has 1 amide bonds. The van der Waals surface area contributed by atoms with Crippen molar-refractivity contribution in [3.05, 3.63) is 102 Å². The van der Waals surface area contributed by atoms with E-state index in [1.165, 1.54) is 7.11 Å². The van der Waals surface area contributed by atoms with Gasteiger partial charge in [-0.1, -0.05) is 78.9 Å². The van der Waals surface area contributed by atoms with Gasteiger partial charge in [-0.25, -0.2) is 9.78 Å². The summed E-state index contributed by atoms with van der Waals surface area (Å²) in [4.78, 5) is 31.3. The molecule has 0 aliphatic rings. The maximum Gasteiger partial charge on any atom is 0.336 e. The van der Waals surface area contributed by atoms with Gasteiger partial charge in [0, 0.05) is 10.9 Å². The van der Waals surface area contributed by atoms with Crippen molar-refractivity contribution in [1.82, 2.24) is 10.3 Å². The summed E-state index contributed by atoms with van der Waals surface area (Å²) in [6, 6.07) is 26.4. The number of ether oxygens (including phenoxy) is 1. The summed E-state index contributed by atoms with van der Waals surface area (Å²) >= 11 is 0. The van der Waals surface area contributed by atoms with Crippen LogP contribution in [-0.4, -0.2) is 24.0 Å². The van der Waals surface area contributed by atoms with E-state index in [-0.39, 0.29) is 5.91 Å². The number of esters is 1. The summed E-state index contributed by atoms with van der Waals surface area (Å²) in [5.41, 5.74) is 2.88. The third kappa shape index (κ3) is 3.73. The van der Waals surface area contributed by atoms with Gasteiger partial charge in [-0.05, 0) is 31.0 Å². The van der Waals surface area contributed by atoms with Gasteiger partial charge in [0.05, 0.1) is 23.9 Å². The number of hydrogen-bond donors (Lipinski definition) is 1. The fourth-order valence-electron chi connectivity index (χ4n) is 3.98. The van der Waals surface area contributed by atoms with Crippen molar-refractivity contribution in [2.75, 3.05) is 7.11 Å². The van der Waals surface area contributed by atoms with Crippen LogP contribution >= 0.6 is 0 Å². The minimum Gasteiger partial charge on any atom is -0.467 e. The number of carbonyl (C=O) groups is 2. The zero-order valence-corrected chi connectivity index (χ0v) is 18.3. The van der Waals surface area contributed by atoms with E-state index in [4.69, 9.17) is 9.72 Å². The van der Waals surface area contributed by atoms with E-state index in [0.29, 0.717) is 16.6 Å². The zero-order valence-electron chi connectivity index (χ0n) is 18.3. The maximum absolute atomic E-state index is 13.7. The van der Waals surface area contributed by atoms with Crippen LogP contribution in [0.1, 0.15) is 28.4 Å². The molecule has 0 radical (unpaired) electrons. The fourth-order valence-corrected chi connectivity index (χ4v) is 3.98. The molecule has 0 saturated heterocycles. The number of amides is 1. The first-order chi connectivity index (χ1) is 15.5. The standard InChI is InChI=1S/C27H24N2O3/c1-18-23(25(30)29-27(2,26(31)32-3)20-14-8-5-9-15-20)21-16-10-11-17-22(21)28-24(18)19-12-6-4-7-13-19/h4-17H,1-3H3,(H,29,30)/t27-/m1/s1. The van der Waals surface area contributed by atoms with Crippen molar-refractivity contribution in [3.63, 3.8) is 0 Å². The van der Waals surface area contributed by atoms with Crippen molar-refractivity contribution in [2.24, 2.45) is 0 Å². The normalized spacial score (nSPS) is 12.7. The van der Waals surface area contributed by atoms with Crippen LogP contribution in [-0.2, 0) is 15.1 Å². The molecule has 0 aliphatic heterocycles. The largest absolute Gasteiger partial charge is 0.467 e. The monoisotopic (exact) mass is 424 g/mol. The average molecular weight is 425 g/mol. The van der Waals surface area contributed by atoms with E-state index in [1.54, 1.807) is 19.1 Å². The molecule has 160 valence electrons. The topological polar surface area (TPSA) is 68.3 Å². The molecule has 1 aromatic heterocycles. The second kappa shape index (κ2) is 8.63. The molecule has 5 heteroatoms. The molecule has 0 aliphatic carbocycles. The van der Waals surface area contributed by atoms with Gasteiger partial charge < -0.3 is 10.1 Å². The highest BCUT2D eigenvalue weighted by Crippen LogP contribution is 2.31. The Balaban J connectivity index is 1.88. The molecule has 5 nitrogen and oxygen atoms in total. The molecule has 4 rings (SSSR count). The second-order valence-corrected chi connectivity index (χ2v) is 7.78. The number of pyridine rings is 1. The summed E-state index contributed by atoms with van der Waals surface area (Å²) in [5.74, 6) is -0.911. The van der Waals surface area contributed by atoms with Gasteiger partial charge in [0.25, 0.3) is 5.91 Å². The number of methoxy groups -OCH3 is 1. The molecule has 4 aromatic rings. The lowest BCUT2D eigenvalue weighted by atomic mass is 9.90. The Morgan fingerprint density at radius 1 is 0.875 bits per heavy atom. The highest BCUT2D eigenvalue weighted by Gasteiger charge is 2.39. The van der Waals surface area contributed by atoms with Crippen LogP contribution < -0.4 is 5.32 Å². The predicted molar refractivity (Wildman–Crippen MR) is 125 cm³/mol. The zero-order chi connectivity index (χ0) is 22.7. The van der Waals surface area contributed by atoms with Gasteiger partial charge in [0.1, 0.15) is 0 Å². The lowest BCUT2D eigenvalue weighted by Crippen LogP contribution is -2.50. The molecule has 0 unspecified atom stereocenters. The van der Waals surface area contributed by atoms with Crippen LogP contribution in [0.15, 0.2) is 84.9 Å². The van der Waals surface area contributed by atoms with Gasteiger partial charge in [0.2, 0.25) is 0 Å². The van der Waals surface area contributed by atoms with Crippen LogP contribution in [0.4, 0.5) is 0 Å². The number of para-hydroxylation sites is 1. The Labute approximate surface area is 187 Å². The van der Waals surface area contributed by atoms with Crippen LogP contribution in [0.5, 0.6) is 0 Å². The van der Waals surface area contributed by atoms with E-state index in [1.807, 2.05) is 79.7 Å². The van der Waals surface area contributed by atoms with Crippen LogP contribution in [0.2, 0.25) is 0 Å². The van der Waals surface area contributed by atoms with Gasteiger partial charge in [-0.15, -0.1) is 0 Å². The molecular weight excluding hydrogens is 400 g/mol. The molecule has 0 bridgehead atoms. The van der Waals surface area contributed by atoms with Crippen LogP contribution in [0.3, 0.4) is 0 Å². The number of aromatic nitrogens is 1. The maximum atomic E-state index is 13.7. The summed E-state index contributed by atoms with van der Waals surface area (Å²) in [5, 5.41) is 3.67. The van der Waals surface area contributed by atoms with Gasteiger partial charge in [0.15, 0.2) is 5.54 Å². The molecule has 1 atom stereocenters. The highest BCUT2D eigenvalue weighted by atomic mass is 16.5. The fraction of sp³-hybridized carbons (Fsp3) is 0.148. The lowest BCUT2D eigenvalue weighted by Gasteiger charge is -2.29. The van der Waals surface area contributed by atoms with Crippen molar-refractivity contribution < 1.29 is 14.3 Å². The molecular formula is C27H24N2O3. The van der Waals surface area contributed by atoms with Gasteiger partial charge in [-0.2, -0.15) is 0 Å². The molecule has 0 spiro atoms. The Morgan fingerprint density at radius 3 is 2.12 bits per heavy atom. The minimum absolute atomic E-state index is 0.366. The number of fused-ring (bicyclic) bond motifs is 1. The number of nitrogens with zero attached hydrogens (tertiary/aromatic N) is 1. The number of nitrogens with one attached hydrogen (secondary N) is 1. The Hall–Kier alpha value is -3.99. The highest BCUT2D eigenvalue weighted by molar-refractivity contribution is 6.10. The van der Waals surface area contributed by atoms with Crippen molar-refractivity contribution in [1.29, 1.82) is 0 Å². The van der Waals surface area contributed by atoms with E-state index >= 15 is 0 Å². The smallest absolute Gasteiger partial charge is 0.336 e. The molecule has 0 fully saturated rings. The molecule has 32 heavy (non-hydrogen) atoms. The van der Waals surface area contributed by atoms with E-state index in [9.17, 15) is 9.59 Å². The summed E-state index contributed by atoms with van der Waals surface area (Å²) in [7, 11) is 1.32. The third-order valence-corrected chi connectivity index (χ3v) is 5.72. The number of hydrogen-bond acceptors (Lipinski definition) is 4. The Kier molecular flexibility index (Phi) is 5.73. The molecule has 0 saturated carbocycles. The SMILES string of the molecule is COC(=O)[C@](C)(NC(=O)c1c(C)c(-c2ccccc2)nc2ccccc12)c1ccccc1. The van der Waals surface area contributed by atoms with Crippen LogP contribution in [0.25, 0.3) is 22.2 Å². The lowest BCUT2D eigenvalue weighted by molar-refractivity contribution is -0.148. The average Bonchev–Trinajstić information content (AvgIpc) is 2.84.